The molecule has 1 aliphatic heterocycles. The molecule has 0 bridgehead atoms. The van der Waals surface area contributed by atoms with Crippen molar-refractivity contribution in [3.05, 3.63) is 16.5 Å². The molecule has 0 amide bonds. The van der Waals surface area contributed by atoms with Crippen LogP contribution in [0.2, 0.25) is 0 Å². The van der Waals surface area contributed by atoms with Crippen molar-refractivity contribution < 1.29 is 8.42 Å². The first-order valence-electron chi connectivity index (χ1n) is 5.72. The topological polar surface area (TPSA) is 49.4 Å². The van der Waals surface area contributed by atoms with Gasteiger partial charge in [-0.2, -0.15) is 4.31 Å². The van der Waals surface area contributed by atoms with E-state index < -0.39 is 10.0 Å². The van der Waals surface area contributed by atoms with Crippen molar-refractivity contribution in [2.45, 2.75) is 31.0 Å². The molecular weight excluding hydrogens is 292 g/mol. The molecular formula is C11H19ClN2O2S2. The molecule has 1 aromatic rings. The molecule has 1 unspecified atom stereocenters. The maximum absolute atomic E-state index is 12.5. The van der Waals surface area contributed by atoms with Gasteiger partial charge in [-0.05, 0) is 32.4 Å². The van der Waals surface area contributed by atoms with Gasteiger partial charge >= 0.3 is 0 Å². The highest BCUT2D eigenvalue weighted by molar-refractivity contribution is 7.91. The Bertz CT molecular complexity index is 513. The van der Waals surface area contributed by atoms with E-state index in [0.717, 1.165) is 23.5 Å². The minimum atomic E-state index is -3.31. The summed E-state index contributed by atoms with van der Waals surface area (Å²) >= 11 is 1.37. The molecule has 2 heterocycles. The van der Waals surface area contributed by atoms with Crippen molar-refractivity contribution in [2.75, 3.05) is 19.6 Å². The van der Waals surface area contributed by atoms with E-state index in [2.05, 4.69) is 5.32 Å². The normalized spacial score (nSPS) is 21.6. The Morgan fingerprint density at radius 2 is 2.11 bits per heavy atom. The second-order valence-electron chi connectivity index (χ2n) is 4.50. The Balaban J connectivity index is 0.00000162. The molecule has 0 saturated carbocycles. The van der Waals surface area contributed by atoms with Gasteiger partial charge < -0.3 is 5.32 Å². The number of nitrogens with zero attached hydrogens (tertiary/aromatic N) is 1. The van der Waals surface area contributed by atoms with Crippen LogP contribution in [0, 0.1) is 13.8 Å². The summed E-state index contributed by atoms with van der Waals surface area (Å²) in [4.78, 5) is 1.05. The lowest BCUT2D eigenvalue weighted by Gasteiger charge is -2.32. The fraction of sp³-hybridized carbons (Fsp3) is 0.636. The van der Waals surface area contributed by atoms with Gasteiger partial charge in [0.05, 0.1) is 0 Å². The molecule has 1 fully saturated rings. The minimum Gasteiger partial charge on any atom is -0.314 e. The second-order valence-corrected chi connectivity index (χ2v) is 7.84. The van der Waals surface area contributed by atoms with Gasteiger partial charge in [-0.15, -0.1) is 23.7 Å². The number of thiophene rings is 1. The number of hydrogen-bond donors (Lipinski definition) is 1. The summed E-state index contributed by atoms with van der Waals surface area (Å²) in [5.74, 6) is 0. The lowest BCUT2D eigenvalue weighted by Crippen LogP contribution is -2.52. The standard InChI is InChI=1S/C11H18N2O2S2.ClH/c1-8-6-10(3)16-11(8)17(14,15)13-5-4-12-7-9(13)2;/h6,9,12H,4-5,7H2,1-3H3;1H. The lowest BCUT2D eigenvalue weighted by atomic mass is 10.3. The maximum atomic E-state index is 12.5. The monoisotopic (exact) mass is 310 g/mol. The highest BCUT2D eigenvalue weighted by atomic mass is 35.5. The molecule has 1 aromatic heterocycles. The molecule has 1 aliphatic rings. The number of rotatable bonds is 2. The van der Waals surface area contributed by atoms with Gasteiger partial charge in [-0.25, -0.2) is 8.42 Å². The Morgan fingerprint density at radius 3 is 2.61 bits per heavy atom. The third-order valence-electron chi connectivity index (χ3n) is 2.98. The largest absolute Gasteiger partial charge is 0.314 e. The number of aryl methyl sites for hydroxylation is 2. The molecule has 1 N–H and O–H groups in total. The van der Waals surface area contributed by atoms with E-state index >= 15 is 0 Å². The highest BCUT2D eigenvalue weighted by Gasteiger charge is 2.32. The molecule has 0 aromatic carbocycles. The van der Waals surface area contributed by atoms with Crippen LogP contribution >= 0.6 is 23.7 Å². The van der Waals surface area contributed by atoms with Crippen LogP contribution in [0.3, 0.4) is 0 Å². The second kappa shape index (κ2) is 5.88. The highest BCUT2D eigenvalue weighted by Crippen LogP contribution is 2.29. The first-order valence-corrected chi connectivity index (χ1v) is 7.98. The molecule has 2 rings (SSSR count). The average Bonchev–Trinajstić information content (AvgIpc) is 2.59. The third kappa shape index (κ3) is 2.88. The molecule has 4 nitrogen and oxygen atoms in total. The predicted octanol–water partition coefficient (Wildman–Crippen LogP) is 1.77. The summed E-state index contributed by atoms with van der Waals surface area (Å²) in [6, 6.07) is 1.96. The van der Waals surface area contributed by atoms with Crippen LogP contribution in [0.1, 0.15) is 17.4 Å². The van der Waals surface area contributed by atoms with Gasteiger partial charge in [0.2, 0.25) is 0 Å². The molecule has 0 radical (unpaired) electrons. The molecule has 7 heteroatoms. The molecule has 104 valence electrons. The quantitative estimate of drug-likeness (QED) is 0.905. The van der Waals surface area contributed by atoms with E-state index in [9.17, 15) is 8.42 Å². The maximum Gasteiger partial charge on any atom is 0.253 e. The van der Waals surface area contributed by atoms with E-state index in [1.807, 2.05) is 26.8 Å². The Labute approximate surface area is 119 Å². The number of nitrogens with one attached hydrogen (secondary N) is 1. The molecule has 1 saturated heterocycles. The Hall–Kier alpha value is -0.140. The van der Waals surface area contributed by atoms with Crippen molar-refractivity contribution >= 4 is 33.8 Å². The predicted molar refractivity (Wildman–Crippen MR) is 77.3 cm³/mol. The van der Waals surface area contributed by atoms with Crippen molar-refractivity contribution in [3.8, 4) is 0 Å². The fourth-order valence-corrected chi connectivity index (χ4v) is 5.57. The first kappa shape index (κ1) is 15.9. The Morgan fingerprint density at radius 1 is 1.44 bits per heavy atom. The van der Waals surface area contributed by atoms with Gasteiger partial charge in [0.15, 0.2) is 0 Å². The van der Waals surface area contributed by atoms with Crippen LogP contribution in [0.4, 0.5) is 0 Å². The van der Waals surface area contributed by atoms with E-state index in [1.54, 1.807) is 4.31 Å². The van der Waals surface area contributed by atoms with Crippen molar-refractivity contribution in [1.29, 1.82) is 0 Å². The third-order valence-corrected chi connectivity index (χ3v) is 6.76. The van der Waals surface area contributed by atoms with Gasteiger partial charge in [0.1, 0.15) is 4.21 Å². The first-order chi connectivity index (χ1) is 7.93. The summed E-state index contributed by atoms with van der Waals surface area (Å²) in [7, 11) is -3.31. The number of hydrogen-bond acceptors (Lipinski definition) is 4. The minimum absolute atomic E-state index is 0. The van der Waals surface area contributed by atoms with Gasteiger partial charge in [0, 0.05) is 30.6 Å². The van der Waals surface area contributed by atoms with E-state index in [1.165, 1.54) is 11.3 Å². The zero-order valence-corrected chi connectivity index (χ0v) is 13.2. The lowest BCUT2D eigenvalue weighted by molar-refractivity contribution is 0.284. The van der Waals surface area contributed by atoms with Gasteiger partial charge in [-0.1, -0.05) is 0 Å². The van der Waals surface area contributed by atoms with Crippen LogP contribution in [0.5, 0.6) is 0 Å². The molecule has 0 aliphatic carbocycles. The van der Waals surface area contributed by atoms with Crippen molar-refractivity contribution in [1.82, 2.24) is 9.62 Å². The number of sulfonamides is 1. The summed E-state index contributed by atoms with van der Waals surface area (Å²) in [6.45, 7) is 7.76. The van der Waals surface area contributed by atoms with Crippen molar-refractivity contribution in [2.24, 2.45) is 0 Å². The van der Waals surface area contributed by atoms with Crippen LogP contribution in [-0.4, -0.2) is 38.4 Å². The van der Waals surface area contributed by atoms with E-state index in [-0.39, 0.29) is 18.4 Å². The van der Waals surface area contributed by atoms with Crippen LogP contribution in [-0.2, 0) is 10.0 Å². The van der Waals surface area contributed by atoms with Crippen LogP contribution in [0.15, 0.2) is 10.3 Å². The smallest absolute Gasteiger partial charge is 0.253 e. The molecule has 0 spiro atoms. The van der Waals surface area contributed by atoms with Gasteiger partial charge in [0.25, 0.3) is 10.0 Å². The number of halogens is 1. The number of piperazine rings is 1. The summed E-state index contributed by atoms with van der Waals surface area (Å²) in [6.07, 6.45) is 0. The summed E-state index contributed by atoms with van der Waals surface area (Å²) in [5.41, 5.74) is 0.859. The summed E-state index contributed by atoms with van der Waals surface area (Å²) < 4.78 is 27.2. The molecule has 1 atom stereocenters. The average molecular weight is 311 g/mol. The van der Waals surface area contributed by atoms with Crippen LogP contribution in [0.25, 0.3) is 0 Å². The summed E-state index contributed by atoms with van der Waals surface area (Å²) in [5, 5.41) is 3.21. The van der Waals surface area contributed by atoms with Gasteiger partial charge in [-0.3, -0.25) is 0 Å². The van der Waals surface area contributed by atoms with E-state index in [4.69, 9.17) is 0 Å². The zero-order chi connectivity index (χ0) is 12.6. The molecule has 18 heavy (non-hydrogen) atoms. The SMILES string of the molecule is Cc1cc(C)c(S(=O)(=O)N2CCNCC2C)s1.Cl. The van der Waals surface area contributed by atoms with Crippen molar-refractivity contribution in [3.63, 3.8) is 0 Å². The Kier molecular flexibility index (Phi) is 5.20. The van der Waals surface area contributed by atoms with E-state index in [0.29, 0.717) is 10.8 Å². The fourth-order valence-electron chi connectivity index (χ4n) is 2.16. The van der Waals surface area contributed by atoms with Crippen LogP contribution < -0.4 is 5.32 Å². The zero-order valence-electron chi connectivity index (χ0n) is 10.8.